The second-order valence-electron chi connectivity index (χ2n) is 16.4. The first kappa shape index (κ1) is 37.5. The Kier molecular flexibility index (Phi) is 11.3. The largest absolute Gasteiger partial charge is 0.496 e. The molecule has 1 saturated heterocycles. The molecule has 0 N–H and O–H groups in total. The number of carbonyl (C=O) groups is 1. The van der Waals surface area contributed by atoms with Crippen molar-refractivity contribution in [3.05, 3.63) is 46.5 Å². The maximum absolute atomic E-state index is 12.7. The summed E-state index contributed by atoms with van der Waals surface area (Å²) in [7, 11) is 3.58. The molecule has 0 spiro atoms. The number of likely N-dealkylation sites (tertiary alicyclic amines) is 1. The number of nitrogens with zero attached hydrogens (tertiary/aromatic N) is 1. The number of hydrogen-bond acceptors (Lipinski definition) is 6. The predicted octanol–water partition coefficient (Wildman–Crippen LogP) is 10.7. The third kappa shape index (κ3) is 8.88. The number of amides is 1. The van der Waals surface area contributed by atoms with E-state index < -0.39 is 0 Å². The molecule has 0 unspecified atom stereocenters. The number of rotatable bonds is 7. The first-order valence-electron chi connectivity index (χ1n) is 16.3. The molecular weight excluding hydrogens is 599 g/mol. The number of hydrogen-bond donors (Lipinski definition) is 0. The minimum Gasteiger partial charge on any atom is -0.496 e. The fraction of sp³-hybridized carbons (Fsp3) is 0.658. The van der Waals surface area contributed by atoms with E-state index in [0.717, 1.165) is 24.3 Å². The van der Waals surface area contributed by atoms with Crippen molar-refractivity contribution in [3.8, 4) is 11.5 Å². The van der Waals surface area contributed by atoms with Gasteiger partial charge in [0.2, 0.25) is 0 Å². The first-order valence-corrected chi connectivity index (χ1v) is 18.0. The van der Waals surface area contributed by atoms with Gasteiger partial charge in [0.15, 0.2) is 0 Å². The highest BCUT2D eigenvalue weighted by atomic mass is 32.2. The molecule has 1 heterocycles. The van der Waals surface area contributed by atoms with E-state index in [4.69, 9.17) is 14.2 Å². The molecule has 5 nitrogen and oxygen atoms in total. The lowest BCUT2D eigenvalue weighted by Gasteiger charge is -2.41. The van der Waals surface area contributed by atoms with Gasteiger partial charge < -0.3 is 19.1 Å². The van der Waals surface area contributed by atoms with E-state index >= 15 is 0 Å². The molecule has 252 valence electrons. The second-order valence-corrected chi connectivity index (χ2v) is 19.6. The molecule has 45 heavy (non-hydrogen) atoms. The van der Waals surface area contributed by atoms with E-state index in [1.165, 1.54) is 32.0 Å². The van der Waals surface area contributed by atoms with Gasteiger partial charge in [-0.2, -0.15) is 0 Å². The van der Waals surface area contributed by atoms with Gasteiger partial charge in [-0.05, 0) is 65.7 Å². The normalized spacial score (nSPS) is 16.0. The topological polar surface area (TPSA) is 48.0 Å². The number of thioether (sulfide) groups is 2. The van der Waals surface area contributed by atoms with Crippen LogP contribution >= 0.6 is 23.5 Å². The lowest BCUT2D eigenvalue weighted by Crippen LogP contribution is -2.44. The zero-order valence-electron chi connectivity index (χ0n) is 30.7. The fourth-order valence-electron chi connectivity index (χ4n) is 5.89. The van der Waals surface area contributed by atoms with Gasteiger partial charge in [-0.25, -0.2) is 4.79 Å². The summed E-state index contributed by atoms with van der Waals surface area (Å²) in [5.74, 6) is 1.97. The van der Waals surface area contributed by atoms with Gasteiger partial charge >= 0.3 is 6.09 Å². The molecule has 3 rings (SSSR count). The molecule has 1 amide bonds. The van der Waals surface area contributed by atoms with Crippen molar-refractivity contribution in [3.63, 3.8) is 0 Å². The Labute approximate surface area is 282 Å². The molecule has 0 bridgehead atoms. The number of piperidine rings is 1. The minimum absolute atomic E-state index is 0.0886. The Hall–Kier alpha value is -1.99. The molecule has 0 aliphatic carbocycles. The maximum atomic E-state index is 12.7. The van der Waals surface area contributed by atoms with Crippen molar-refractivity contribution >= 4 is 29.6 Å². The van der Waals surface area contributed by atoms with Crippen LogP contribution in [0.4, 0.5) is 4.79 Å². The SMILES string of the molecule is CCOC(=O)N1CCC(Sc2cc(C(C)(C)C)c(OC)c(C(C)(C)C)c2)(Sc2cc(C(C)(C)C)c(OC)c(C(C)(C)C)c2)CC1. The third-order valence-corrected chi connectivity index (χ3v) is 11.4. The Bertz CT molecular complexity index is 1190. The number of benzene rings is 2. The van der Waals surface area contributed by atoms with E-state index in [-0.39, 0.29) is 31.8 Å². The van der Waals surface area contributed by atoms with E-state index in [2.05, 4.69) is 107 Å². The number of methoxy groups -OCH3 is 2. The molecule has 0 radical (unpaired) electrons. The van der Waals surface area contributed by atoms with E-state index in [0.29, 0.717) is 19.7 Å². The first-order chi connectivity index (χ1) is 20.6. The third-order valence-electron chi connectivity index (χ3n) is 8.42. The Morgan fingerprint density at radius 3 is 1.22 bits per heavy atom. The fourth-order valence-corrected chi connectivity index (χ4v) is 8.97. The zero-order chi connectivity index (χ0) is 34.2. The molecule has 0 atom stereocenters. The van der Waals surface area contributed by atoms with Crippen molar-refractivity contribution in [2.24, 2.45) is 0 Å². The van der Waals surface area contributed by atoms with E-state index in [1.807, 2.05) is 35.3 Å². The van der Waals surface area contributed by atoms with Crippen molar-refractivity contribution in [1.82, 2.24) is 4.90 Å². The second kappa shape index (κ2) is 13.6. The number of carbonyl (C=O) groups excluding carboxylic acids is 1. The van der Waals surface area contributed by atoms with Crippen LogP contribution in [0.15, 0.2) is 34.1 Å². The van der Waals surface area contributed by atoms with Crippen LogP contribution in [0, 0.1) is 0 Å². The van der Waals surface area contributed by atoms with Crippen molar-refractivity contribution in [2.45, 2.75) is 138 Å². The molecule has 2 aromatic carbocycles. The predicted molar refractivity (Wildman–Crippen MR) is 193 cm³/mol. The van der Waals surface area contributed by atoms with Crippen LogP contribution in [0.25, 0.3) is 0 Å². The van der Waals surface area contributed by atoms with Gasteiger partial charge in [-0.15, -0.1) is 23.5 Å². The summed E-state index contributed by atoms with van der Waals surface area (Å²) in [4.78, 5) is 17.1. The van der Waals surface area contributed by atoms with E-state index in [9.17, 15) is 4.79 Å². The molecule has 1 aliphatic heterocycles. The van der Waals surface area contributed by atoms with Crippen LogP contribution in [0.2, 0.25) is 0 Å². The van der Waals surface area contributed by atoms with Crippen LogP contribution in [0.1, 0.15) is 125 Å². The lowest BCUT2D eigenvalue weighted by molar-refractivity contribution is 0.0993. The number of ether oxygens (including phenoxy) is 3. The Morgan fingerprint density at radius 2 is 0.978 bits per heavy atom. The van der Waals surface area contributed by atoms with Crippen LogP contribution in [-0.2, 0) is 26.4 Å². The van der Waals surface area contributed by atoms with Crippen LogP contribution in [0.3, 0.4) is 0 Å². The van der Waals surface area contributed by atoms with Crippen LogP contribution < -0.4 is 9.47 Å². The lowest BCUT2D eigenvalue weighted by atomic mass is 9.79. The van der Waals surface area contributed by atoms with Crippen molar-refractivity contribution in [1.29, 1.82) is 0 Å². The summed E-state index contributed by atoms with van der Waals surface area (Å²) in [6, 6.07) is 9.36. The molecule has 0 saturated carbocycles. The highest BCUT2D eigenvalue weighted by molar-refractivity contribution is 8.18. The van der Waals surface area contributed by atoms with Gasteiger partial charge in [0.1, 0.15) is 11.5 Å². The summed E-state index contributed by atoms with van der Waals surface area (Å²) in [6.07, 6.45) is 1.46. The minimum atomic E-state index is -0.218. The smallest absolute Gasteiger partial charge is 0.409 e. The average Bonchev–Trinajstić information content (AvgIpc) is 2.90. The summed E-state index contributed by atoms with van der Waals surface area (Å²) in [5, 5.41) is 0. The van der Waals surface area contributed by atoms with Crippen molar-refractivity contribution in [2.75, 3.05) is 33.9 Å². The summed E-state index contributed by atoms with van der Waals surface area (Å²) in [5.41, 5.74) is 4.53. The molecule has 1 aliphatic rings. The summed E-state index contributed by atoms with van der Waals surface area (Å²) in [6.45, 7) is 30.7. The highest BCUT2D eigenvalue weighted by Crippen LogP contribution is 2.55. The van der Waals surface area contributed by atoms with Gasteiger partial charge in [-0.3, -0.25) is 0 Å². The van der Waals surface area contributed by atoms with Gasteiger partial charge in [0.25, 0.3) is 0 Å². The molecule has 2 aromatic rings. The summed E-state index contributed by atoms with van der Waals surface area (Å²) < 4.78 is 17.4. The summed E-state index contributed by atoms with van der Waals surface area (Å²) >= 11 is 3.90. The Balaban J connectivity index is 2.22. The van der Waals surface area contributed by atoms with Gasteiger partial charge in [-0.1, -0.05) is 83.1 Å². The van der Waals surface area contributed by atoms with E-state index in [1.54, 1.807) is 14.2 Å². The molecule has 1 fully saturated rings. The molecule has 0 aromatic heterocycles. The van der Waals surface area contributed by atoms with Crippen LogP contribution in [-0.4, -0.2) is 49.0 Å². The van der Waals surface area contributed by atoms with Gasteiger partial charge in [0.05, 0.1) is 24.9 Å². The monoisotopic (exact) mass is 657 g/mol. The Morgan fingerprint density at radius 1 is 0.667 bits per heavy atom. The maximum Gasteiger partial charge on any atom is 0.409 e. The molecule has 7 heteroatoms. The highest BCUT2D eigenvalue weighted by Gasteiger charge is 2.40. The van der Waals surface area contributed by atoms with Crippen LogP contribution in [0.5, 0.6) is 11.5 Å². The standard InChI is InChI=1S/C38H59NO4S2/c1-16-43-33(40)39-19-17-38(18-20-39,44-25-21-27(34(2,3)4)31(41-14)28(22-25)35(5,6)7)45-26-23-29(36(8,9)10)32(42-15)30(24-26)37(11,12)13/h21-24H,16-20H2,1-15H3. The quantitative estimate of drug-likeness (QED) is 0.276. The zero-order valence-corrected chi connectivity index (χ0v) is 32.4. The van der Waals surface area contributed by atoms with Gasteiger partial charge in [0, 0.05) is 45.1 Å². The average molecular weight is 658 g/mol. The molecular formula is C38H59NO4S2. The van der Waals surface area contributed by atoms with Crippen molar-refractivity contribution < 1.29 is 19.0 Å².